The monoisotopic (exact) mass is 550 g/mol. The molecule has 0 aliphatic heterocycles. The van der Waals surface area contributed by atoms with Crippen LogP contribution in [-0.4, -0.2) is 49.6 Å². The summed E-state index contributed by atoms with van der Waals surface area (Å²) in [5.41, 5.74) is 1.94. The van der Waals surface area contributed by atoms with Gasteiger partial charge in [0.15, 0.2) is 5.12 Å². The van der Waals surface area contributed by atoms with Crippen LogP contribution in [-0.2, 0) is 30.3 Å². The van der Waals surface area contributed by atoms with Crippen LogP contribution in [0, 0.1) is 11.3 Å². The first-order valence-corrected chi connectivity index (χ1v) is 12.5. The van der Waals surface area contributed by atoms with Crippen molar-refractivity contribution in [2.75, 3.05) is 36.9 Å². The second kappa shape index (κ2) is 14.6. The van der Waals surface area contributed by atoms with Gasteiger partial charge in [-0.3, -0.25) is 14.4 Å². The lowest BCUT2D eigenvalue weighted by Crippen LogP contribution is -2.27. The number of nitrogens with one attached hydrogen (secondary N) is 1. The van der Waals surface area contributed by atoms with E-state index in [4.69, 9.17) is 9.47 Å². The van der Waals surface area contributed by atoms with Crippen molar-refractivity contribution < 1.29 is 28.7 Å². The van der Waals surface area contributed by atoms with Gasteiger partial charge in [-0.25, -0.2) is 4.79 Å². The molecule has 1 atom stereocenters. The maximum Gasteiger partial charge on any atom is 0.341 e. The third-order valence-corrected chi connectivity index (χ3v) is 6.13. The van der Waals surface area contributed by atoms with Gasteiger partial charge in [0.25, 0.3) is 0 Å². The number of carbonyl (C=O) groups is 4. The van der Waals surface area contributed by atoms with E-state index in [2.05, 4.69) is 5.32 Å². The highest BCUT2D eigenvalue weighted by atomic mass is 35.5. The van der Waals surface area contributed by atoms with E-state index in [1.54, 1.807) is 39.0 Å². The highest BCUT2D eigenvalue weighted by molar-refractivity contribution is 8.13. The van der Waals surface area contributed by atoms with Gasteiger partial charge in [-0.15, -0.1) is 12.4 Å². The van der Waals surface area contributed by atoms with Gasteiger partial charge < -0.3 is 19.7 Å². The lowest BCUT2D eigenvalue weighted by molar-refractivity contribution is -0.161. The number of hydrogen-bond acceptors (Lipinski definition) is 8. The number of hydrogen-bond donors (Lipinski definition) is 1. The number of amides is 1. The smallest absolute Gasteiger partial charge is 0.341 e. The Morgan fingerprint density at radius 1 is 1.00 bits per heavy atom. The van der Waals surface area contributed by atoms with E-state index in [9.17, 15) is 19.2 Å². The van der Waals surface area contributed by atoms with Crippen LogP contribution in [0.4, 0.5) is 11.4 Å². The van der Waals surface area contributed by atoms with E-state index >= 15 is 0 Å². The summed E-state index contributed by atoms with van der Waals surface area (Å²) in [4.78, 5) is 50.8. The molecule has 1 unspecified atom stereocenters. The third kappa shape index (κ3) is 10.9. The summed E-state index contributed by atoms with van der Waals surface area (Å²) in [6, 6.07) is 14.2. The van der Waals surface area contributed by atoms with Crippen molar-refractivity contribution in [2.24, 2.45) is 11.3 Å². The van der Waals surface area contributed by atoms with E-state index in [1.165, 1.54) is 13.0 Å². The number of esters is 2. The Hall–Kier alpha value is -3.04. The molecule has 0 bridgehead atoms. The number of benzene rings is 2. The molecule has 0 fully saturated rings. The van der Waals surface area contributed by atoms with Crippen LogP contribution >= 0.6 is 24.2 Å². The minimum absolute atomic E-state index is 0. The second-order valence-corrected chi connectivity index (χ2v) is 10.8. The standard InChI is InChI=1S/C27H34N2O6S.ClH/c1-18(30)36-16-21(14-19-10-12-23(13-11-19)29(5)6)24(31)28-22-9-7-8-20(15-22)25(32)34-17-35-26(33)27(2,3)4;/h7-13,15,21H,14,16-17H2,1-6H3,(H,28,31);1H. The number of nitrogens with zero attached hydrogens (tertiary/aromatic N) is 1. The maximum atomic E-state index is 13.1. The molecule has 0 spiro atoms. The number of ether oxygens (including phenoxy) is 2. The first-order chi connectivity index (χ1) is 16.9. The maximum absolute atomic E-state index is 13.1. The summed E-state index contributed by atoms with van der Waals surface area (Å²) in [6.07, 6.45) is 0.459. The molecule has 2 aromatic carbocycles. The average molecular weight is 551 g/mol. The van der Waals surface area contributed by atoms with Crippen molar-refractivity contribution in [2.45, 2.75) is 34.1 Å². The van der Waals surface area contributed by atoms with E-state index in [-0.39, 0.29) is 29.0 Å². The Kier molecular flexibility index (Phi) is 12.7. The van der Waals surface area contributed by atoms with Crippen molar-refractivity contribution >= 4 is 58.5 Å². The van der Waals surface area contributed by atoms with Gasteiger partial charge in [0.2, 0.25) is 12.7 Å². The van der Waals surface area contributed by atoms with E-state index < -0.39 is 30.1 Å². The van der Waals surface area contributed by atoms with Crippen LogP contribution < -0.4 is 10.2 Å². The summed E-state index contributed by atoms with van der Waals surface area (Å²) < 4.78 is 10.00. The zero-order chi connectivity index (χ0) is 26.9. The molecule has 8 nitrogen and oxygen atoms in total. The molecule has 2 aromatic rings. The summed E-state index contributed by atoms with van der Waals surface area (Å²) in [5.74, 6) is -1.56. The fraction of sp³-hybridized carbons (Fsp3) is 0.407. The molecular formula is C27H35ClN2O6S. The van der Waals surface area contributed by atoms with E-state index in [0.29, 0.717) is 17.9 Å². The highest BCUT2D eigenvalue weighted by Gasteiger charge is 2.24. The Balaban J connectivity index is 0.00000684. The number of rotatable bonds is 10. The first kappa shape index (κ1) is 32.0. The fourth-order valence-corrected chi connectivity index (χ4v) is 3.77. The molecule has 10 heteroatoms. The van der Waals surface area contributed by atoms with Gasteiger partial charge in [-0.2, -0.15) is 0 Å². The van der Waals surface area contributed by atoms with Crippen LogP contribution in [0.3, 0.4) is 0 Å². The molecule has 202 valence electrons. The van der Waals surface area contributed by atoms with Gasteiger partial charge in [-0.05, 0) is 63.1 Å². The van der Waals surface area contributed by atoms with Gasteiger partial charge in [0.05, 0.1) is 16.9 Å². The summed E-state index contributed by atoms with van der Waals surface area (Å²) in [6.45, 7) is 6.07. The first-order valence-electron chi connectivity index (χ1n) is 11.5. The van der Waals surface area contributed by atoms with Crippen molar-refractivity contribution in [1.82, 2.24) is 0 Å². The van der Waals surface area contributed by atoms with Crippen LogP contribution in [0.25, 0.3) is 0 Å². The molecule has 1 N–H and O–H groups in total. The Bertz CT molecular complexity index is 1080. The average Bonchev–Trinajstić information content (AvgIpc) is 2.81. The number of thioether (sulfide) groups is 1. The molecule has 0 aromatic heterocycles. The molecular weight excluding hydrogens is 516 g/mol. The normalized spacial score (nSPS) is 11.5. The van der Waals surface area contributed by atoms with Crippen LogP contribution in [0.2, 0.25) is 0 Å². The number of carbonyl (C=O) groups excluding carboxylic acids is 4. The van der Waals surface area contributed by atoms with Crippen LogP contribution in [0.15, 0.2) is 48.5 Å². The van der Waals surface area contributed by atoms with Crippen molar-refractivity contribution in [3.8, 4) is 0 Å². The zero-order valence-corrected chi connectivity index (χ0v) is 23.7. The second-order valence-electron chi connectivity index (χ2n) is 9.57. The van der Waals surface area contributed by atoms with Crippen LogP contribution in [0.1, 0.15) is 43.6 Å². The van der Waals surface area contributed by atoms with Gasteiger partial charge in [-0.1, -0.05) is 30.0 Å². The third-order valence-electron chi connectivity index (χ3n) is 5.15. The SMILES string of the molecule is CC(=O)SCC(Cc1ccc(N(C)C)cc1)C(=O)Nc1cccc(C(=O)OCOC(=O)C(C)(C)C)c1.Cl. The van der Waals surface area contributed by atoms with Gasteiger partial charge >= 0.3 is 11.9 Å². The predicted octanol–water partition coefficient (Wildman–Crippen LogP) is 4.96. The lowest BCUT2D eigenvalue weighted by atomic mass is 9.98. The molecule has 0 saturated carbocycles. The minimum Gasteiger partial charge on any atom is -0.427 e. The molecule has 0 saturated heterocycles. The number of halogens is 1. The van der Waals surface area contributed by atoms with Gasteiger partial charge in [0, 0.05) is 38.1 Å². The molecule has 0 aliphatic rings. The van der Waals surface area contributed by atoms with E-state index in [1.807, 2.05) is 43.3 Å². The Labute approximate surface area is 228 Å². The van der Waals surface area contributed by atoms with Crippen LogP contribution in [0.5, 0.6) is 0 Å². The van der Waals surface area contributed by atoms with Crippen molar-refractivity contribution in [1.29, 1.82) is 0 Å². The van der Waals surface area contributed by atoms with Crippen molar-refractivity contribution in [3.05, 3.63) is 59.7 Å². The largest absolute Gasteiger partial charge is 0.427 e. The Morgan fingerprint density at radius 3 is 2.22 bits per heavy atom. The quantitative estimate of drug-likeness (QED) is 0.327. The minimum atomic E-state index is -0.706. The summed E-state index contributed by atoms with van der Waals surface area (Å²) >= 11 is 1.10. The summed E-state index contributed by atoms with van der Waals surface area (Å²) in [7, 11) is 3.91. The molecule has 0 aliphatic carbocycles. The molecule has 37 heavy (non-hydrogen) atoms. The Morgan fingerprint density at radius 2 is 1.65 bits per heavy atom. The fourth-order valence-electron chi connectivity index (χ4n) is 3.06. The predicted molar refractivity (Wildman–Crippen MR) is 149 cm³/mol. The molecule has 2 rings (SSSR count). The topological polar surface area (TPSA) is 102 Å². The molecule has 0 radical (unpaired) electrons. The lowest BCUT2D eigenvalue weighted by Gasteiger charge is -2.18. The number of anilines is 2. The molecule has 1 amide bonds. The summed E-state index contributed by atoms with van der Waals surface area (Å²) in [5, 5.41) is 2.78. The molecule has 0 heterocycles. The van der Waals surface area contributed by atoms with Crippen molar-refractivity contribution in [3.63, 3.8) is 0 Å². The van der Waals surface area contributed by atoms with Gasteiger partial charge in [0.1, 0.15) is 0 Å². The zero-order valence-electron chi connectivity index (χ0n) is 22.0. The highest BCUT2D eigenvalue weighted by Crippen LogP contribution is 2.21. The van der Waals surface area contributed by atoms with E-state index in [0.717, 1.165) is 23.0 Å².